The van der Waals surface area contributed by atoms with Gasteiger partial charge in [0.25, 0.3) is 0 Å². The quantitative estimate of drug-likeness (QED) is 0.785. The Hall–Kier alpha value is -2.01. The highest BCUT2D eigenvalue weighted by molar-refractivity contribution is 5.99. The third kappa shape index (κ3) is 2.93. The third-order valence-electron chi connectivity index (χ3n) is 2.90. The second-order valence-corrected chi connectivity index (χ2v) is 4.38. The minimum absolute atomic E-state index is 0.197. The molecule has 0 saturated heterocycles. The highest BCUT2D eigenvalue weighted by Gasteiger charge is 2.17. The number of ether oxygens (including phenoxy) is 1. The smallest absolute Gasteiger partial charge is 0.163 e. The second-order valence-electron chi connectivity index (χ2n) is 4.38. The van der Waals surface area contributed by atoms with E-state index in [1.54, 1.807) is 13.2 Å². The van der Waals surface area contributed by atoms with Crippen molar-refractivity contribution >= 4 is 5.78 Å². The van der Waals surface area contributed by atoms with Gasteiger partial charge in [-0.1, -0.05) is 0 Å². The van der Waals surface area contributed by atoms with Crippen LogP contribution in [0, 0.1) is 11.6 Å². The molecule has 0 N–H and O–H groups in total. The van der Waals surface area contributed by atoms with Gasteiger partial charge in [0.2, 0.25) is 0 Å². The predicted octanol–water partition coefficient (Wildman–Crippen LogP) is 3.62. The largest absolute Gasteiger partial charge is 0.460 e. The van der Waals surface area contributed by atoms with Gasteiger partial charge in [-0.2, -0.15) is 0 Å². The van der Waals surface area contributed by atoms with Crippen LogP contribution < -0.4 is 0 Å². The predicted molar refractivity (Wildman–Crippen MR) is 69.6 cm³/mol. The third-order valence-corrected chi connectivity index (χ3v) is 2.90. The van der Waals surface area contributed by atoms with Crippen LogP contribution in [-0.2, 0) is 11.2 Å². The van der Waals surface area contributed by atoms with Crippen molar-refractivity contribution < 1.29 is 22.7 Å². The SMILES string of the molecule is COCCc1cc(C(C)=O)c(-c2ccc(F)c(F)c2)o1. The molecular weight excluding hydrogens is 266 g/mol. The van der Waals surface area contributed by atoms with E-state index >= 15 is 0 Å². The van der Waals surface area contributed by atoms with Gasteiger partial charge in [0.15, 0.2) is 17.4 Å². The molecule has 0 radical (unpaired) electrons. The summed E-state index contributed by atoms with van der Waals surface area (Å²) in [5.74, 6) is -1.30. The standard InChI is InChI=1S/C15H14F2O3/c1-9(18)12-8-11(5-6-19-2)20-15(12)10-3-4-13(16)14(17)7-10/h3-4,7-8H,5-6H2,1-2H3. The van der Waals surface area contributed by atoms with E-state index in [1.807, 2.05) is 0 Å². The first-order valence-corrected chi connectivity index (χ1v) is 6.11. The molecule has 2 aromatic rings. The lowest BCUT2D eigenvalue weighted by Crippen LogP contribution is -1.93. The molecular formula is C15H14F2O3. The number of furan rings is 1. The van der Waals surface area contributed by atoms with Crippen LogP contribution in [0.5, 0.6) is 0 Å². The Morgan fingerprint density at radius 2 is 2.00 bits per heavy atom. The van der Waals surface area contributed by atoms with E-state index in [4.69, 9.17) is 9.15 Å². The van der Waals surface area contributed by atoms with Crippen LogP contribution in [0.2, 0.25) is 0 Å². The van der Waals surface area contributed by atoms with Crippen molar-refractivity contribution in [2.24, 2.45) is 0 Å². The number of Topliss-reactive ketones (excluding diaryl/α,β-unsaturated/α-hetero) is 1. The number of rotatable bonds is 5. The molecule has 1 aromatic heterocycles. The molecule has 0 amide bonds. The molecule has 106 valence electrons. The van der Waals surface area contributed by atoms with Gasteiger partial charge >= 0.3 is 0 Å². The van der Waals surface area contributed by atoms with Crippen molar-refractivity contribution in [1.82, 2.24) is 0 Å². The van der Waals surface area contributed by atoms with Crippen molar-refractivity contribution in [3.63, 3.8) is 0 Å². The lowest BCUT2D eigenvalue weighted by atomic mass is 10.1. The van der Waals surface area contributed by atoms with Gasteiger partial charge in [0, 0.05) is 19.1 Å². The first kappa shape index (κ1) is 14.4. The Morgan fingerprint density at radius 1 is 1.25 bits per heavy atom. The number of ketones is 1. The molecule has 0 fully saturated rings. The van der Waals surface area contributed by atoms with Gasteiger partial charge in [-0.3, -0.25) is 4.79 Å². The molecule has 0 saturated carbocycles. The molecule has 0 unspecified atom stereocenters. The van der Waals surface area contributed by atoms with Crippen molar-refractivity contribution in [3.8, 4) is 11.3 Å². The normalized spacial score (nSPS) is 10.8. The zero-order valence-corrected chi connectivity index (χ0v) is 11.2. The van der Waals surface area contributed by atoms with Gasteiger partial charge in [0.05, 0.1) is 12.2 Å². The van der Waals surface area contributed by atoms with Gasteiger partial charge < -0.3 is 9.15 Å². The number of carbonyl (C=O) groups is 1. The summed E-state index contributed by atoms with van der Waals surface area (Å²) in [5, 5.41) is 0. The van der Waals surface area contributed by atoms with E-state index < -0.39 is 11.6 Å². The fourth-order valence-electron chi connectivity index (χ4n) is 1.88. The highest BCUT2D eigenvalue weighted by Crippen LogP contribution is 2.29. The van der Waals surface area contributed by atoms with Crippen LogP contribution in [0.4, 0.5) is 8.78 Å². The second kappa shape index (κ2) is 5.96. The Kier molecular flexibility index (Phi) is 4.29. The zero-order valence-electron chi connectivity index (χ0n) is 11.2. The number of hydrogen-bond donors (Lipinski definition) is 0. The average Bonchev–Trinajstić information content (AvgIpc) is 2.84. The Labute approximate surface area is 115 Å². The maximum Gasteiger partial charge on any atom is 0.163 e. The maximum atomic E-state index is 13.3. The first-order valence-electron chi connectivity index (χ1n) is 6.11. The molecule has 3 nitrogen and oxygen atoms in total. The fraction of sp³-hybridized carbons (Fsp3) is 0.267. The van der Waals surface area contributed by atoms with Crippen LogP contribution in [0.15, 0.2) is 28.7 Å². The summed E-state index contributed by atoms with van der Waals surface area (Å²) in [4.78, 5) is 11.6. The van der Waals surface area contributed by atoms with Gasteiger partial charge in [0.1, 0.15) is 11.5 Å². The summed E-state index contributed by atoms with van der Waals surface area (Å²) in [7, 11) is 1.56. The van der Waals surface area contributed by atoms with Crippen molar-refractivity contribution in [3.05, 3.63) is 47.2 Å². The molecule has 0 aliphatic heterocycles. The molecule has 0 aliphatic rings. The summed E-state index contributed by atoms with van der Waals surface area (Å²) >= 11 is 0. The van der Waals surface area contributed by atoms with Crippen LogP contribution in [0.1, 0.15) is 23.0 Å². The van der Waals surface area contributed by atoms with E-state index in [1.165, 1.54) is 13.0 Å². The number of carbonyl (C=O) groups excluding carboxylic acids is 1. The number of benzene rings is 1. The molecule has 1 aromatic carbocycles. The lowest BCUT2D eigenvalue weighted by Gasteiger charge is -2.01. The monoisotopic (exact) mass is 280 g/mol. The fourth-order valence-corrected chi connectivity index (χ4v) is 1.88. The number of methoxy groups -OCH3 is 1. The Morgan fingerprint density at radius 3 is 2.60 bits per heavy atom. The molecule has 2 rings (SSSR count). The van der Waals surface area contributed by atoms with Crippen molar-refractivity contribution in [2.45, 2.75) is 13.3 Å². The van der Waals surface area contributed by atoms with E-state index in [0.717, 1.165) is 12.1 Å². The van der Waals surface area contributed by atoms with Gasteiger partial charge in [-0.25, -0.2) is 8.78 Å². The first-order chi connectivity index (χ1) is 9.52. The summed E-state index contributed by atoms with van der Waals surface area (Å²) in [6.45, 7) is 1.84. The van der Waals surface area contributed by atoms with Gasteiger partial charge in [-0.05, 0) is 31.2 Å². The molecule has 0 atom stereocenters. The van der Waals surface area contributed by atoms with E-state index in [2.05, 4.69) is 0 Å². The Bertz CT molecular complexity index is 632. The average molecular weight is 280 g/mol. The molecule has 5 heteroatoms. The molecule has 0 bridgehead atoms. The minimum atomic E-state index is -0.980. The van der Waals surface area contributed by atoms with Crippen LogP contribution in [0.3, 0.4) is 0 Å². The summed E-state index contributed by atoms with van der Waals surface area (Å²) in [6, 6.07) is 5.01. The van der Waals surface area contributed by atoms with Gasteiger partial charge in [-0.15, -0.1) is 0 Å². The topological polar surface area (TPSA) is 39.4 Å². The van der Waals surface area contributed by atoms with Crippen LogP contribution >= 0.6 is 0 Å². The van der Waals surface area contributed by atoms with Crippen molar-refractivity contribution in [1.29, 1.82) is 0 Å². The highest BCUT2D eigenvalue weighted by atomic mass is 19.2. The summed E-state index contributed by atoms with van der Waals surface area (Å²) < 4.78 is 36.8. The zero-order chi connectivity index (χ0) is 14.7. The molecule has 0 aliphatic carbocycles. The summed E-state index contributed by atoms with van der Waals surface area (Å²) in [5.41, 5.74) is 0.680. The van der Waals surface area contributed by atoms with E-state index in [9.17, 15) is 13.6 Å². The number of hydrogen-bond acceptors (Lipinski definition) is 3. The van der Waals surface area contributed by atoms with E-state index in [0.29, 0.717) is 29.9 Å². The molecule has 0 spiro atoms. The Balaban J connectivity index is 2.45. The van der Waals surface area contributed by atoms with E-state index in [-0.39, 0.29) is 11.5 Å². The van der Waals surface area contributed by atoms with Crippen molar-refractivity contribution in [2.75, 3.05) is 13.7 Å². The minimum Gasteiger partial charge on any atom is -0.460 e. The maximum absolute atomic E-state index is 13.3. The molecule has 20 heavy (non-hydrogen) atoms. The lowest BCUT2D eigenvalue weighted by molar-refractivity contribution is 0.101. The molecule has 1 heterocycles. The van der Waals surface area contributed by atoms with Crippen LogP contribution in [0.25, 0.3) is 11.3 Å². The number of halogens is 2. The summed E-state index contributed by atoms with van der Waals surface area (Å²) in [6.07, 6.45) is 0.500. The van der Waals surface area contributed by atoms with Crippen LogP contribution in [-0.4, -0.2) is 19.5 Å².